The number of carbonyl (C=O) groups excluding carboxylic acids is 1. The van der Waals surface area contributed by atoms with E-state index in [1.807, 2.05) is 36.4 Å². The monoisotopic (exact) mass is 409 g/mol. The molecule has 0 unspecified atom stereocenters. The summed E-state index contributed by atoms with van der Waals surface area (Å²) in [7, 11) is 0. The van der Waals surface area contributed by atoms with E-state index in [0.29, 0.717) is 16.9 Å². The number of nitrogen functional groups attached to an aromatic ring is 2. The Morgan fingerprint density at radius 3 is 2.48 bits per heavy atom. The van der Waals surface area contributed by atoms with Crippen molar-refractivity contribution in [3.05, 3.63) is 48.2 Å². The molecule has 1 aliphatic rings. The highest BCUT2D eigenvalue weighted by molar-refractivity contribution is 7.99. The van der Waals surface area contributed by atoms with E-state index in [9.17, 15) is 4.79 Å². The molecule has 2 aromatic heterocycles. The zero-order chi connectivity index (χ0) is 20.2. The van der Waals surface area contributed by atoms with Crippen LogP contribution in [0.25, 0.3) is 5.69 Å². The highest BCUT2D eigenvalue weighted by Gasteiger charge is 2.22. The zero-order valence-electron chi connectivity index (χ0n) is 15.9. The lowest BCUT2D eigenvalue weighted by Crippen LogP contribution is -2.17. The summed E-state index contributed by atoms with van der Waals surface area (Å²) >= 11 is 1.19. The van der Waals surface area contributed by atoms with Gasteiger partial charge < -0.3 is 16.8 Å². The minimum absolute atomic E-state index is 0.141. The summed E-state index contributed by atoms with van der Waals surface area (Å²) < 4.78 is 1.80. The summed E-state index contributed by atoms with van der Waals surface area (Å²) in [6.45, 7) is 0. The smallest absolute Gasteiger partial charge is 0.236 e. The Morgan fingerprint density at radius 1 is 1.10 bits per heavy atom. The normalized spacial score (nSPS) is 14.2. The Labute approximate surface area is 173 Å². The van der Waals surface area contributed by atoms with Crippen LogP contribution in [-0.4, -0.2) is 31.4 Å². The summed E-state index contributed by atoms with van der Waals surface area (Å²) in [6.07, 6.45) is 4.74. The molecule has 8 nitrogen and oxygen atoms in total. The predicted octanol–water partition coefficient (Wildman–Crippen LogP) is 3.22. The van der Waals surface area contributed by atoms with Crippen molar-refractivity contribution in [1.29, 1.82) is 0 Å². The molecule has 0 spiro atoms. The molecule has 1 saturated carbocycles. The van der Waals surface area contributed by atoms with Gasteiger partial charge in [-0.05, 0) is 25.0 Å². The topological polar surface area (TPSA) is 125 Å². The van der Waals surface area contributed by atoms with Gasteiger partial charge in [0.15, 0.2) is 5.16 Å². The third kappa shape index (κ3) is 4.68. The molecule has 0 aliphatic heterocycles. The van der Waals surface area contributed by atoms with Crippen molar-refractivity contribution in [3.63, 3.8) is 0 Å². The van der Waals surface area contributed by atoms with Crippen molar-refractivity contribution < 1.29 is 4.79 Å². The number of hydrogen-bond donors (Lipinski definition) is 3. The number of carbonyl (C=O) groups is 1. The van der Waals surface area contributed by atoms with Crippen LogP contribution in [0.2, 0.25) is 0 Å². The van der Waals surface area contributed by atoms with E-state index in [1.165, 1.54) is 30.7 Å². The average molecular weight is 410 g/mol. The predicted molar refractivity (Wildman–Crippen MR) is 115 cm³/mol. The second kappa shape index (κ2) is 8.52. The SMILES string of the molecule is Nc1cc(N)nc(SCC(=O)Nc2cc(C3CCCC3)nn2-c2ccccc2)n1. The first-order chi connectivity index (χ1) is 14.1. The van der Waals surface area contributed by atoms with Gasteiger partial charge in [-0.1, -0.05) is 42.8 Å². The molecule has 4 rings (SSSR count). The van der Waals surface area contributed by atoms with Crippen LogP contribution in [0.4, 0.5) is 17.5 Å². The Kier molecular flexibility index (Phi) is 5.66. The number of amides is 1. The van der Waals surface area contributed by atoms with Crippen LogP contribution >= 0.6 is 11.8 Å². The van der Waals surface area contributed by atoms with E-state index in [2.05, 4.69) is 15.3 Å². The maximum atomic E-state index is 12.6. The van der Waals surface area contributed by atoms with E-state index < -0.39 is 0 Å². The molecule has 150 valence electrons. The van der Waals surface area contributed by atoms with E-state index in [1.54, 1.807) is 4.68 Å². The minimum Gasteiger partial charge on any atom is -0.383 e. The number of nitrogens with zero attached hydrogens (tertiary/aromatic N) is 4. The number of rotatable bonds is 6. The van der Waals surface area contributed by atoms with Crippen molar-refractivity contribution in [2.24, 2.45) is 0 Å². The fourth-order valence-corrected chi connectivity index (χ4v) is 4.18. The standard InChI is InChI=1S/C20H23N7OS/c21-16-11-17(22)24-20(23-16)29-12-19(28)25-18-10-15(13-6-4-5-7-13)26-27(18)14-8-2-1-3-9-14/h1-3,8-11,13H,4-7,12H2,(H,25,28)(H4,21,22,23,24). The second-order valence-corrected chi connectivity index (χ2v) is 7.96. The van der Waals surface area contributed by atoms with E-state index in [0.717, 1.165) is 24.2 Å². The largest absolute Gasteiger partial charge is 0.383 e. The van der Waals surface area contributed by atoms with E-state index in [4.69, 9.17) is 16.6 Å². The van der Waals surface area contributed by atoms with Crippen LogP contribution in [0.1, 0.15) is 37.3 Å². The summed E-state index contributed by atoms with van der Waals surface area (Å²) in [6, 6.07) is 13.3. The molecular formula is C20H23N7OS. The van der Waals surface area contributed by atoms with Gasteiger partial charge in [0.25, 0.3) is 0 Å². The van der Waals surface area contributed by atoms with Crippen LogP contribution < -0.4 is 16.8 Å². The van der Waals surface area contributed by atoms with Gasteiger partial charge in [0.05, 0.1) is 17.1 Å². The van der Waals surface area contributed by atoms with Gasteiger partial charge >= 0.3 is 0 Å². The van der Waals surface area contributed by atoms with Crippen LogP contribution in [0, 0.1) is 0 Å². The van der Waals surface area contributed by atoms with Crippen LogP contribution in [-0.2, 0) is 4.79 Å². The molecule has 0 radical (unpaired) electrons. The van der Waals surface area contributed by atoms with Crippen molar-refractivity contribution in [3.8, 4) is 5.69 Å². The maximum Gasteiger partial charge on any atom is 0.236 e. The van der Waals surface area contributed by atoms with Crippen molar-refractivity contribution in [2.45, 2.75) is 36.8 Å². The fourth-order valence-electron chi connectivity index (χ4n) is 3.51. The highest BCUT2D eigenvalue weighted by Crippen LogP contribution is 2.35. The molecular weight excluding hydrogens is 386 g/mol. The lowest BCUT2D eigenvalue weighted by molar-refractivity contribution is -0.113. The highest BCUT2D eigenvalue weighted by atomic mass is 32.2. The summed E-state index contributed by atoms with van der Waals surface area (Å²) in [5.74, 6) is 1.65. The van der Waals surface area contributed by atoms with Crippen molar-refractivity contribution >= 4 is 35.1 Å². The molecule has 3 aromatic rings. The quantitative estimate of drug-likeness (QED) is 0.422. The first kappa shape index (κ1) is 19.3. The molecule has 1 amide bonds. The average Bonchev–Trinajstić information content (AvgIpc) is 3.36. The number of benzene rings is 1. The first-order valence-electron chi connectivity index (χ1n) is 9.56. The number of hydrogen-bond acceptors (Lipinski definition) is 7. The minimum atomic E-state index is -0.172. The third-order valence-electron chi connectivity index (χ3n) is 4.85. The molecule has 1 aromatic carbocycles. The zero-order valence-corrected chi connectivity index (χ0v) is 16.7. The number of thioether (sulfide) groups is 1. The second-order valence-electron chi connectivity index (χ2n) is 7.02. The summed E-state index contributed by atoms with van der Waals surface area (Å²) in [5, 5.41) is 8.15. The molecule has 29 heavy (non-hydrogen) atoms. The third-order valence-corrected chi connectivity index (χ3v) is 5.69. The first-order valence-corrected chi connectivity index (χ1v) is 10.5. The Hall–Kier alpha value is -3.07. The number of aromatic nitrogens is 4. The molecule has 1 fully saturated rings. The summed E-state index contributed by atoms with van der Waals surface area (Å²) in [4.78, 5) is 20.8. The Morgan fingerprint density at radius 2 is 1.79 bits per heavy atom. The van der Waals surface area contributed by atoms with Gasteiger partial charge in [-0.3, -0.25) is 4.79 Å². The number of nitrogens with two attached hydrogens (primary N) is 2. The lowest BCUT2D eigenvalue weighted by Gasteiger charge is -2.09. The molecule has 0 saturated heterocycles. The Balaban J connectivity index is 1.51. The molecule has 1 aliphatic carbocycles. The molecule has 2 heterocycles. The fraction of sp³-hybridized carbons (Fsp3) is 0.300. The number of para-hydroxylation sites is 1. The van der Waals surface area contributed by atoms with Crippen LogP contribution in [0.5, 0.6) is 0 Å². The maximum absolute atomic E-state index is 12.6. The summed E-state index contributed by atoms with van der Waals surface area (Å²) in [5.41, 5.74) is 13.3. The number of nitrogens with one attached hydrogen (secondary N) is 1. The molecule has 0 bridgehead atoms. The number of anilines is 3. The van der Waals surface area contributed by atoms with Gasteiger partial charge in [0.2, 0.25) is 5.91 Å². The van der Waals surface area contributed by atoms with E-state index in [-0.39, 0.29) is 23.3 Å². The van der Waals surface area contributed by atoms with Gasteiger partial charge in [0.1, 0.15) is 17.5 Å². The molecule has 0 atom stereocenters. The van der Waals surface area contributed by atoms with E-state index >= 15 is 0 Å². The Bertz CT molecular complexity index is 979. The lowest BCUT2D eigenvalue weighted by atomic mass is 10.0. The van der Waals surface area contributed by atoms with Crippen molar-refractivity contribution in [1.82, 2.24) is 19.7 Å². The van der Waals surface area contributed by atoms with Gasteiger partial charge in [-0.15, -0.1) is 0 Å². The molecule has 9 heteroatoms. The van der Waals surface area contributed by atoms with Gasteiger partial charge in [-0.25, -0.2) is 14.6 Å². The van der Waals surface area contributed by atoms with Crippen LogP contribution in [0.3, 0.4) is 0 Å². The van der Waals surface area contributed by atoms with Crippen molar-refractivity contribution in [2.75, 3.05) is 22.5 Å². The van der Waals surface area contributed by atoms with Crippen LogP contribution in [0.15, 0.2) is 47.6 Å². The van der Waals surface area contributed by atoms with Gasteiger partial charge in [-0.2, -0.15) is 5.10 Å². The van der Waals surface area contributed by atoms with Gasteiger partial charge in [0, 0.05) is 18.1 Å². The molecule has 5 N–H and O–H groups in total.